The average Bonchev–Trinajstić information content (AvgIpc) is 2.58. The van der Waals surface area contributed by atoms with E-state index < -0.39 is 0 Å². The van der Waals surface area contributed by atoms with Gasteiger partial charge >= 0.3 is 0 Å². The first-order valence-corrected chi connectivity index (χ1v) is 6.23. The standard InChI is InChI=1S/C13H16ClFN2/c1-8(2)7-17-11-6-4-5-10(15)12(11)16-13(17)9(3)14/h4-6,8-9H,7H2,1-3H3. The zero-order chi connectivity index (χ0) is 12.6. The van der Waals surface area contributed by atoms with Crippen LogP contribution in [0.25, 0.3) is 11.0 Å². The van der Waals surface area contributed by atoms with E-state index in [9.17, 15) is 4.39 Å². The predicted molar refractivity (Wildman–Crippen MR) is 68.8 cm³/mol. The van der Waals surface area contributed by atoms with Gasteiger partial charge in [0.15, 0.2) is 5.82 Å². The summed E-state index contributed by atoms with van der Waals surface area (Å²) in [5.74, 6) is 0.911. The first-order valence-electron chi connectivity index (χ1n) is 5.79. The molecule has 0 bridgehead atoms. The first kappa shape index (κ1) is 12.4. The molecule has 0 saturated heterocycles. The number of hydrogen-bond acceptors (Lipinski definition) is 1. The van der Waals surface area contributed by atoms with Gasteiger partial charge in [-0.25, -0.2) is 9.37 Å². The Morgan fingerprint density at radius 3 is 2.65 bits per heavy atom. The molecule has 4 heteroatoms. The maximum absolute atomic E-state index is 13.7. The molecule has 0 saturated carbocycles. The molecule has 2 aromatic rings. The summed E-state index contributed by atoms with van der Waals surface area (Å²) in [5, 5.41) is -0.222. The number of alkyl halides is 1. The van der Waals surface area contributed by atoms with Crippen molar-refractivity contribution in [2.45, 2.75) is 32.7 Å². The molecule has 0 fully saturated rings. The number of hydrogen-bond donors (Lipinski definition) is 0. The minimum Gasteiger partial charge on any atom is -0.326 e. The van der Waals surface area contributed by atoms with Crippen LogP contribution in [0.2, 0.25) is 0 Å². The lowest BCUT2D eigenvalue weighted by Gasteiger charge is -2.12. The van der Waals surface area contributed by atoms with Crippen molar-refractivity contribution in [2.75, 3.05) is 0 Å². The molecule has 0 spiro atoms. The Morgan fingerprint density at radius 2 is 2.06 bits per heavy atom. The van der Waals surface area contributed by atoms with Crippen molar-refractivity contribution < 1.29 is 4.39 Å². The Balaban J connectivity index is 2.67. The Hall–Kier alpha value is -1.09. The Morgan fingerprint density at radius 1 is 1.35 bits per heavy atom. The van der Waals surface area contributed by atoms with E-state index in [4.69, 9.17) is 11.6 Å². The van der Waals surface area contributed by atoms with Crippen molar-refractivity contribution in [2.24, 2.45) is 5.92 Å². The summed E-state index contributed by atoms with van der Waals surface area (Å²) >= 11 is 6.11. The molecule has 0 N–H and O–H groups in total. The van der Waals surface area contributed by atoms with Crippen molar-refractivity contribution >= 4 is 22.6 Å². The fraction of sp³-hybridized carbons (Fsp3) is 0.462. The highest BCUT2D eigenvalue weighted by atomic mass is 35.5. The molecular weight excluding hydrogens is 239 g/mol. The molecule has 1 heterocycles. The second-order valence-electron chi connectivity index (χ2n) is 4.70. The smallest absolute Gasteiger partial charge is 0.151 e. The molecule has 17 heavy (non-hydrogen) atoms. The van der Waals surface area contributed by atoms with E-state index in [1.165, 1.54) is 6.07 Å². The van der Waals surface area contributed by atoms with Gasteiger partial charge in [-0.3, -0.25) is 0 Å². The zero-order valence-electron chi connectivity index (χ0n) is 10.2. The predicted octanol–water partition coefficient (Wildman–Crippen LogP) is 4.13. The fourth-order valence-electron chi connectivity index (χ4n) is 1.99. The highest BCUT2D eigenvalue weighted by molar-refractivity contribution is 6.20. The van der Waals surface area contributed by atoms with Crippen molar-refractivity contribution in [3.63, 3.8) is 0 Å². The number of rotatable bonds is 3. The fourth-order valence-corrected chi connectivity index (χ4v) is 2.16. The van der Waals surface area contributed by atoms with Gasteiger partial charge in [-0.15, -0.1) is 11.6 Å². The lowest BCUT2D eigenvalue weighted by molar-refractivity contribution is 0.517. The van der Waals surface area contributed by atoms with Crippen LogP contribution in [0.5, 0.6) is 0 Å². The van der Waals surface area contributed by atoms with Crippen LogP contribution < -0.4 is 0 Å². The number of nitrogens with zero attached hydrogens (tertiary/aromatic N) is 2. The monoisotopic (exact) mass is 254 g/mol. The lowest BCUT2D eigenvalue weighted by atomic mass is 10.2. The van der Waals surface area contributed by atoms with E-state index in [0.717, 1.165) is 17.9 Å². The molecule has 0 amide bonds. The third-order valence-corrected chi connectivity index (χ3v) is 2.86. The molecule has 2 rings (SSSR count). The first-order chi connectivity index (χ1) is 8.00. The van der Waals surface area contributed by atoms with Gasteiger partial charge in [0.1, 0.15) is 11.3 Å². The van der Waals surface area contributed by atoms with E-state index in [-0.39, 0.29) is 11.2 Å². The van der Waals surface area contributed by atoms with Gasteiger partial charge in [-0.05, 0) is 25.0 Å². The number of para-hydroxylation sites is 1. The van der Waals surface area contributed by atoms with Crippen molar-refractivity contribution in [3.05, 3.63) is 29.8 Å². The SMILES string of the molecule is CC(C)Cn1c(C(C)Cl)nc2c(F)cccc21. The highest BCUT2D eigenvalue weighted by Gasteiger charge is 2.17. The molecule has 0 aliphatic carbocycles. The Labute approximate surface area is 105 Å². The van der Waals surface area contributed by atoms with E-state index in [2.05, 4.69) is 18.8 Å². The molecule has 2 nitrogen and oxygen atoms in total. The summed E-state index contributed by atoms with van der Waals surface area (Å²) in [4.78, 5) is 4.32. The number of fused-ring (bicyclic) bond motifs is 1. The van der Waals surface area contributed by atoms with Gasteiger partial charge in [0.25, 0.3) is 0 Å². The third kappa shape index (κ3) is 2.29. The van der Waals surface area contributed by atoms with Crippen molar-refractivity contribution in [1.82, 2.24) is 9.55 Å². The van der Waals surface area contributed by atoms with E-state index in [0.29, 0.717) is 11.4 Å². The Bertz CT molecular complexity index is 531. The van der Waals surface area contributed by atoms with Crippen molar-refractivity contribution in [3.8, 4) is 0 Å². The second-order valence-corrected chi connectivity index (χ2v) is 5.35. The summed E-state index contributed by atoms with van der Waals surface area (Å²) in [7, 11) is 0. The maximum atomic E-state index is 13.7. The molecule has 1 unspecified atom stereocenters. The third-order valence-electron chi connectivity index (χ3n) is 2.66. The normalized spacial score (nSPS) is 13.5. The minimum absolute atomic E-state index is 0.222. The summed E-state index contributed by atoms with van der Waals surface area (Å²) in [6.45, 7) is 6.89. The minimum atomic E-state index is -0.288. The summed E-state index contributed by atoms with van der Waals surface area (Å²) in [6.07, 6.45) is 0. The van der Waals surface area contributed by atoms with Gasteiger partial charge < -0.3 is 4.57 Å². The highest BCUT2D eigenvalue weighted by Crippen LogP contribution is 2.26. The molecule has 92 valence electrons. The quantitative estimate of drug-likeness (QED) is 0.753. The number of benzene rings is 1. The second kappa shape index (κ2) is 4.65. The summed E-state index contributed by atoms with van der Waals surface area (Å²) in [6, 6.07) is 5.02. The van der Waals surface area contributed by atoms with E-state index >= 15 is 0 Å². The van der Waals surface area contributed by atoms with Crippen molar-refractivity contribution in [1.29, 1.82) is 0 Å². The molecule has 0 aliphatic rings. The van der Waals surface area contributed by atoms with Crippen LogP contribution in [-0.4, -0.2) is 9.55 Å². The van der Waals surface area contributed by atoms with Gasteiger partial charge in [-0.1, -0.05) is 19.9 Å². The molecule has 0 aliphatic heterocycles. The van der Waals surface area contributed by atoms with Crippen LogP contribution in [0, 0.1) is 11.7 Å². The zero-order valence-corrected chi connectivity index (χ0v) is 11.0. The lowest BCUT2D eigenvalue weighted by Crippen LogP contribution is -2.08. The average molecular weight is 255 g/mol. The van der Waals surface area contributed by atoms with Gasteiger partial charge in [0.2, 0.25) is 0 Å². The topological polar surface area (TPSA) is 17.8 Å². The van der Waals surface area contributed by atoms with Crippen LogP contribution in [0.4, 0.5) is 4.39 Å². The number of aromatic nitrogens is 2. The molecular formula is C13H16ClFN2. The summed E-state index contributed by atoms with van der Waals surface area (Å²) in [5.41, 5.74) is 1.23. The van der Waals surface area contributed by atoms with E-state index in [1.54, 1.807) is 6.07 Å². The Kier molecular flexibility index (Phi) is 3.38. The van der Waals surface area contributed by atoms with Gasteiger partial charge in [0, 0.05) is 6.54 Å². The maximum Gasteiger partial charge on any atom is 0.151 e. The van der Waals surface area contributed by atoms with Crippen LogP contribution in [0.1, 0.15) is 32.0 Å². The van der Waals surface area contributed by atoms with Gasteiger partial charge in [0.05, 0.1) is 10.9 Å². The number of halogens is 2. The van der Waals surface area contributed by atoms with Crippen LogP contribution in [-0.2, 0) is 6.54 Å². The van der Waals surface area contributed by atoms with Crippen LogP contribution in [0.3, 0.4) is 0 Å². The largest absolute Gasteiger partial charge is 0.326 e. The van der Waals surface area contributed by atoms with Crippen LogP contribution in [0.15, 0.2) is 18.2 Å². The number of imidazole rings is 1. The molecule has 1 aromatic heterocycles. The van der Waals surface area contributed by atoms with E-state index in [1.807, 2.05) is 17.6 Å². The summed E-state index contributed by atoms with van der Waals surface area (Å²) < 4.78 is 15.7. The van der Waals surface area contributed by atoms with Gasteiger partial charge in [-0.2, -0.15) is 0 Å². The van der Waals surface area contributed by atoms with Crippen LogP contribution >= 0.6 is 11.6 Å². The molecule has 0 radical (unpaired) electrons. The molecule has 1 atom stereocenters. The molecule has 1 aromatic carbocycles.